The molecule has 0 radical (unpaired) electrons. The zero-order chi connectivity index (χ0) is 12.7. The van der Waals surface area contributed by atoms with E-state index in [4.69, 9.17) is 15.1 Å². The van der Waals surface area contributed by atoms with E-state index in [1.165, 1.54) is 0 Å². The van der Waals surface area contributed by atoms with E-state index in [9.17, 15) is 9.59 Å². The molecule has 0 saturated carbocycles. The molecule has 5 nitrogen and oxygen atoms in total. The lowest BCUT2D eigenvalue weighted by Gasteiger charge is -2.16. The largest absolute Gasteiger partial charge is 0.481 e. The number of carboxylic acids is 1. The number of carboxylic acid groups (broad SMARTS) is 1. The molecular weight excluding hydrogens is 210 g/mol. The van der Waals surface area contributed by atoms with Crippen LogP contribution < -0.4 is 0 Å². The molecule has 1 N–H and O–H groups in total. The minimum atomic E-state index is -1.25. The van der Waals surface area contributed by atoms with Gasteiger partial charge in [0.2, 0.25) is 0 Å². The van der Waals surface area contributed by atoms with Gasteiger partial charge in [-0.15, -0.1) is 0 Å². The van der Waals surface area contributed by atoms with Gasteiger partial charge in [0, 0.05) is 5.92 Å². The summed E-state index contributed by atoms with van der Waals surface area (Å²) in [5.74, 6) is -3.73. The first-order valence-corrected chi connectivity index (χ1v) is 5.25. The van der Waals surface area contributed by atoms with E-state index in [-0.39, 0.29) is 12.5 Å². The Hall–Kier alpha value is -1.57. The van der Waals surface area contributed by atoms with Crippen molar-refractivity contribution in [2.75, 3.05) is 0 Å². The van der Waals surface area contributed by atoms with Crippen LogP contribution in [-0.4, -0.2) is 23.1 Å². The molecule has 0 spiro atoms. The highest BCUT2D eigenvalue weighted by molar-refractivity contribution is 5.94. The molecule has 0 aromatic carbocycles. The number of hydrogen-bond donors (Lipinski definition) is 1. The third kappa shape index (κ3) is 4.78. The molecule has 0 saturated heterocycles. The molecule has 0 rings (SSSR count). The average molecular weight is 227 g/mol. The van der Waals surface area contributed by atoms with Crippen LogP contribution in [0.15, 0.2) is 0 Å². The van der Waals surface area contributed by atoms with Gasteiger partial charge in [-0.3, -0.25) is 9.59 Å². The standard InChI is InChI=1S/C11H17NO4/c1-4-8(3)16-11(15)9(10(13)14)5-7(2)6-12/h7-9H,4-5H2,1-3H3,(H,13,14). The maximum Gasteiger partial charge on any atom is 0.320 e. The number of nitriles is 1. The van der Waals surface area contributed by atoms with Gasteiger partial charge >= 0.3 is 11.9 Å². The van der Waals surface area contributed by atoms with Crippen molar-refractivity contribution in [1.82, 2.24) is 0 Å². The van der Waals surface area contributed by atoms with Crippen molar-refractivity contribution in [3.63, 3.8) is 0 Å². The van der Waals surface area contributed by atoms with Crippen LogP contribution in [0.1, 0.15) is 33.6 Å². The molecule has 0 amide bonds. The quantitative estimate of drug-likeness (QED) is 0.549. The van der Waals surface area contributed by atoms with E-state index in [1.807, 2.05) is 13.0 Å². The Balaban J connectivity index is 4.49. The number of hydrogen-bond acceptors (Lipinski definition) is 4. The van der Waals surface area contributed by atoms with Crippen LogP contribution >= 0.6 is 0 Å². The van der Waals surface area contributed by atoms with Gasteiger partial charge in [-0.2, -0.15) is 5.26 Å². The summed E-state index contributed by atoms with van der Waals surface area (Å²) in [5.41, 5.74) is 0. The Kier molecular flexibility index (Phi) is 6.16. The maximum absolute atomic E-state index is 11.5. The molecule has 0 aromatic heterocycles. The fourth-order valence-electron chi connectivity index (χ4n) is 1.07. The molecular formula is C11H17NO4. The fourth-order valence-corrected chi connectivity index (χ4v) is 1.07. The second-order valence-corrected chi connectivity index (χ2v) is 3.81. The maximum atomic E-state index is 11.5. The Bertz CT molecular complexity index is 295. The normalized spacial score (nSPS) is 15.6. The smallest absolute Gasteiger partial charge is 0.320 e. The number of esters is 1. The number of rotatable bonds is 6. The van der Waals surface area contributed by atoms with E-state index in [0.29, 0.717) is 6.42 Å². The van der Waals surface area contributed by atoms with Gasteiger partial charge in [0.1, 0.15) is 0 Å². The highest BCUT2D eigenvalue weighted by atomic mass is 16.5. The molecule has 0 heterocycles. The van der Waals surface area contributed by atoms with Gasteiger partial charge in [-0.25, -0.2) is 0 Å². The van der Waals surface area contributed by atoms with Crippen molar-refractivity contribution in [1.29, 1.82) is 5.26 Å². The minimum Gasteiger partial charge on any atom is -0.481 e. The van der Waals surface area contributed by atoms with E-state index in [2.05, 4.69) is 0 Å². The van der Waals surface area contributed by atoms with Gasteiger partial charge < -0.3 is 9.84 Å². The van der Waals surface area contributed by atoms with E-state index in [1.54, 1.807) is 13.8 Å². The van der Waals surface area contributed by atoms with E-state index in [0.717, 1.165) is 0 Å². The Morgan fingerprint density at radius 2 is 2.00 bits per heavy atom. The summed E-state index contributed by atoms with van der Waals surface area (Å²) >= 11 is 0. The van der Waals surface area contributed by atoms with Crippen molar-refractivity contribution >= 4 is 11.9 Å². The summed E-state index contributed by atoms with van der Waals surface area (Å²) < 4.78 is 4.94. The van der Waals surface area contributed by atoms with Crippen molar-refractivity contribution in [3.05, 3.63) is 0 Å². The zero-order valence-electron chi connectivity index (χ0n) is 9.77. The lowest BCUT2D eigenvalue weighted by molar-refractivity contribution is -0.162. The lowest BCUT2D eigenvalue weighted by atomic mass is 9.97. The predicted molar refractivity (Wildman–Crippen MR) is 56.4 cm³/mol. The van der Waals surface area contributed by atoms with Crippen LogP contribution in [0.25, 0.3) is 0 Å². The summed E-state index contributed by atoms with van der Waals surface area (Å²) in [6.07, 6.45) is 0.319. The third-order valence-corrected chi connectivity index (χ3v) is 2.28. The zero-order valence-corrected chi connectivity index (χ0v) is 9.77. The first kappa shape index (κ1) is 14.4. The second-order valence-electron chi connectivity index (χ2n) is 3.81. The molecule has 0 bridgehead atoms. The van der Waals surface area contributed by atoms with Crippen LogP contribution in [0.3, 0.4) is 0 Å². The molecule has 0 aromatic rings. The highest BCUT2D eigenvalue weighted by Crippen LogP contribution is 2.15. The summed E-state index contributed by atoms with van der Waals surface area (Å²) in [6, 6.07) is 1.90. The molecule has 3 unspecified atom stereocenters. The predicted octanol–water partition coefficient (Wildman–Crippen LogP) is 1.58. The third-order valence-electron chi connectivity index (χ3n) is 2.28. The lowest BCUT2D eigenvalue weighted by Crippen LogP contribution is -2.29. The minimum absolute atomic E-state index is 0.0128. The summed E-state index contributed by atoms with van der Waals surface area (Å²) in [6.45, 7) is 5.11. The average Bonchev–Trinajstić information content (AvgIpc) is 2.24. The number of carbonyl (C=O) groups is 2. The van der Waals surface area contributed by atoms with Gasteiger partial charge in [0.15, 0.2) is 5.92 Å². The summed E-state index contributed by atoms with van der Waals surface area (Å²) in [4.78, 5) is 22.3. The van der Waals surface area contributed by atoms with Gasteiger partial charge in [-0.1, -0.05) is 6.92 Å². The number of carbonyl (C=O) groups excluding carboxylic acids is 1. The highest BCUT2D eigenvalue weighted by Gasteiger charge is 2.30. The first-order chi connectivity index (χ1) is 7.42. The number of ether oxygens (including phenoxy) is 1. The van der Waals surface area contributed by atoms with Crippen molar-refractivity contribution in [2.45, 2.75) is 39.7 Å². The molecule has 0 aliphatic heterocycles. The van der Waals surface area contributed by atoms with Crippen LogP contribution in [0, 0.1) is 23.2 Å². The summed E-state index contributed by atoms with van der Waals surface area (Å²) in [5, 5.41) is 17.4. The molecule has 0 aliphatic carbocycles. The van der Waals surface area contributed by atoms with Crippen LogP contribution in [0.2, 0.25) is 0 Å². The molecule has 16 heavy (non-hydrogen) atoms. The van der Waals surface area contributed by atoms with Gasteiger partial charge in [0.25, 0.3) is 0 Å². The van der Waals surface area contributed by atoms with Crippen molar-refractivity contribution in [2.24, 2.45) is 11.8 Å². The fraction of sp³-hybridized carbons (Fsp3) is 0.727. The molecule has 0 aliphatic rings. The number of nitrogens with zero attached hydrogens (tertiary/aromatic N) is 1. The summed E-state index contributed by atoms with van der Waals surface area (Å²) in [7, 11) is 0. The van der Waals surface area contributed by atoms with Gasteiger partial charge in [0.05, 0.1) is 12.2 Å². The second kappa shape index (κ2) is 6.83. The monoisotopic (exact) mass is 227 g/mol. The van der Waals surface area contributed by atoms with E-state index >= 15 is 0 Å². The van der Waals surface area contributed by atoms with E-state index < -0.39 is 23.8 Å². The molecule has 0 fully saturated rings. The SMILES string of the molecule is CCC(C)OC(=O)C(CC(C)C#N)C(=O)O. The Morgan fingerprint density at radius 1 is 1.44 bits per heavy atom. The van der Waals surface area contributed by atoms with Crippen molar-refractivity contribution in [3.8, 4) is 6.07 Å². The molecule has 5 heteroatoms. The topological polar surface area (TPSA) is 87.4 Å². The number of aliphatic carboxylic acids is 1. The van der Waals surface area contributed by atoms with Crippen molar-refractivity contribution < 1.29 is 19.4 Å². The van der Waals surface area contributed by atoms with Gasteiger partial charge in [-0.05, 0) is 26.7 Å². The Labute approximate surface area is 95.0 Å². The molecule has 90 valence electrons. The Morgan fingerprint density at radius 3 is 2.38 bits per heavy atom. The van der Waals surface area contributed by atoms with Crippen LogP contribution in [0.4, 0.5) is 0 Å². The van der Waals surface area contributed by atoms with Crippen LogP contribution in [-0.2, 0) is 14.3 Å². The first-order valence-electron chi connectivity index (χ1n) is 5.25. The molecule has 3 atom stereocenters. The van der Waals surface area contributed by atoms with Crippen LogP contribution in [0.5, 0.6) is 0 Å².